The first-order chi connectivity index (χ1) is 12.6. The molecule has 3 rings (SSSR count). The van der Waals surface area contributed by atoms with E-state index in [0.717, 1.165) is 11.3 Å². The van der Waals surface area contributed by atoms with Gasteiger partial charge in [0.2, 0.25) is 0 Å². The van der Waals surface area contributed by atoms with Gasteiger partial charge in [-0.15, -0.1) is 0 Å². The second kappa shape index (κ2) is 8.31. The van der Waals surface area contributed by atoms with Crippen LogP contribution in [-0.4, -0.2) is 11.0 Å². The normalized spacial score (nSPS) is 11.4. The molecule has 0 radical (unpaired) electrons. The summed E-state index contributed by atoms with van der Waals surface area (Å²) < 4.78 is 5.07. The minimum Gasteiger partial charge on any atom is -0.459 e. The molecule has 26 heavy (non-hydrogen) atoms. The molecule has 0 aliphatic carbocycles. The van der Waals surface area contributed by atoms with Gasteiger partial charge >= 0.3 is 0 Å². The number of carbonyl (C=O) groups is 1. The summed E-state index contributed by atoms with van der Waals surface area (Å²) in [5, 5.41) is 9.69. The quantitative estimate of drug-likeness (QED) is 0.578. The highest BCUT2D eigenvalue weighted by Gasteiger charge is 2.09. The first-order valence-electron chi connectivity index (χ1n) is 8.19. The average Bonchev–Trinajstić information content (AvgIpc) is 3.19. The fraction of sp³-hybridized carbons (Fsp3) is 0.100. The summed E-state index contributed by atoms with van der Waals surface area (Å²) in [7, 11) is 0. The number of anilines is 2. The van der Waals surface area contributed by atoms with Crippen LogP contribution in [0.25, 0.3) is 0 Å². The Morgan fingerprint density at radius 2 is 1.58 bits per heavy atom. The molecule has 3 aromatic rings. The Morgan fingerprint density at radius 1 is 0.923 bits per heavy atom. The van der Waals surface area contributed by atoms with Crippen LogP contribution >= 0.6 is 12.2 Å². The summed E-state index contributed by atoms with van der Waals surface area (Å²) in [5.74, 6) is -0.0166. The zero-order chi connectivity index (χ0) is 18.4. The lowest BCUT2D eigenvalue weighted by Gasteiger charge is -2.17. The molecule has 1 atom stereocenters. The van der Waals surface area contributed by atoms with E-state index in [0.29, 0.717) is 10.8 Å². The molecule has 0 aliphatic heterocycles. The number of carbonyl (C=O) groups excluding carboxylic acids is 1. The zero-order valence-electron chi connectivity index (χ0n) is 14.2. The lowest BCUT2D eigenvalue weighted by atomic mass is 10.1. The van der Waals surface area contributed by atoms with Gasteiger partial charge in [-0.2, -0.15) is 0 Å². The molecular formula is C20H19N3O2S. The molecule has 1 aromatic heterocycles. The molecule has 0 spiro atoms. The van der Waals surface area contributed by atoms with Gasteiger partial charge in [-0.05, 0) is 61.1 Å². The molecule has 0 fully saturated rings. The number of rotatable bonds is 5. The molecule has 1 unspecified atom stereocenters. The molecule has 0 saturated carbocycles. The van der Waals surface area contributed by atoms with Gasteiger partial charge in [0.1, 0.15) is 0 Å². The van der Waals surface area contributed by atoms with Crippen molar-refractivity contribution in [3.05, 3.63) is 84.3 Å². The molecule has 6 heteroatoms. The molecular weight excluding hydrogens is 346 g/mol. The van der Waals surface area contributed by atoms with Crippen LogP contribution in [0.3, 0.4) is 0 Å². The molecule has 132 valence electrons. The third-order valence-corrected chi connectivity index (χ3v) is 4.01. The van der Waals surface area contributed by atoms with Gasteiger partial charge in [-0.1, -0.05) is 30.3 Å². The van der Waals surface area contributed by atoms with E-state index in [2.05, 4.69) is 35.0 Å². The molecule has 3 N–H and O–H groups in total. The Bertz CT molecular complexity index is 862. The molecule has 5 nitrogen and oxygen atoms in total. The minimum atomic E-state index is -0.287. The Hall–Kier alpha value is -3.12. The number of furan rings is 1. The van der Waals surface area contributed by atoms with Crippen molar-refractivity contribution in [2.24, 2.45) is 0 Å². The maximum Gasteiger partial charge on any atom is 0.291 e. The second-order valence-corrected chi connectivity index (χ2v) is 6.15. The van der Waals surface area contributed by atoms with Gasteiger partial charge < -0.3 is 20.4 Å². The van der Waals surface area contributed by atoms with E-state index in [1.807, 2.05) is 30.3 Å². The Balaban J connectivity index is 1.53. The monoisotopic (exact) mass is 365 g/mol. The highest BCUT2D eigenvalue weighted by molar-refractivity contribution is 7.80. The maximum atomic E-state index is 11.9. The van der Waals surface area contributed by atoms with Crippen LogP contribution in [-0.2, 0) is 0 Å². The van der Waals surface area contributed by atoms with Crippen molar-refractivity contribution in [1.82, 2.24) is 5.32 Å². The summed E-state index contributed by atoms with van der Waals surface area (Å²) in [6.07, 6.45) is 1.46. The first kappa shape index (κ1) is 17.7. The van der Waals surface area contributed by atoms with Crippen LogP contribution in [0.2, 0.25) is 0 Å². The number of benzene rings is 2. The summed E-state index contributed by atoms with van der Waals surface area (Å²) in [6.45, 7) is 2.05. The fourth-order valence-corrected chi connectivity index (χ4v) is 2.72. The number of hydrogen-bond donors (Lipinski definition) is 3. The van der Waals surface area contributed by atoms with Crippen LogP contribution in [0.1, 0.15) is 29.1 Å². The van der Waals surface area contributed by atoms with E-state index in [1.165, 1.54) is 6.26 Å². The van der Waals surface area contributed by atoms with Crippen LogP contribution in [0.15, 0.2) is 77.4 Å². The van der Waals surface area contributed by atoms with Gasteiger partial charge in [-0.3, -0.25) is 4.79 Å². The highest BCUT2D eigenvalue weighted by Crippen LogP contribution is 2.16. The lowest BCUT2D eigenvalue weighted by molar-refractivity contribution is 0.0996. The lowest BCUT2D eigenvalue weighted by Crippen LogP contribution is -2.30. The highest BCUT2D eigenvalue weighted by atomic mass is 32.1. The third-order valence-electron chi connectivity index (χ3n) is 3.79. The van der Waals surface area contributed by atoms with E-state index < -0.39 is 0 Å². The van der Waals surface area contributed by atoms with Crippen LogP contribution in [0.4, 0.5) is 11.4 Å². The average molecular weight is 365 g/mol. The standard InChI is InChI=1S/C20H19N3O2S/c1-14(15-6-3-2-4-7-15)21-20(26)23-17-11-9-16(10-12-17)22-19(24)18-8-5-13-25-18/h2-14H,1H3,(H,22,24)(H2,21,23,26). The van der Waals surface area contributed by atoms with Crippen molar-refractivity contribution in [1.29, 1.82) is 0 Å². The summed E-state index contributed by atoms with van der Waals surface area (Å²) >= 11 is 5.36. The van der Waals surface area contributed by atoms with Crippen molar-refractivity contribution >= 4 is 34.6 Å². The molecule has 2 aromatic carbocycles. The number of thiocarbonyl (C=S) groups is 1. The SMILES string of the molecule is CC(NC(=S)Nc1ccc(NC(=O)c2ccco2)cc1)c1ccccc1. The number of hydrogen-bond acceptors (Lipinski definition) is 3. The largest absolute Gasteiger partial charge is 0.459 e. The predicted molar refractivity (Wildman–Crippen MR) is 107 cm³/mol. The molecule has 1 heterocycles. The fourth-order valence-electron chi connectivity index (χ4n) is 2.43. The molecule has 0 aliphatic rings. The van der Waals surface area contributed by atoms with Crippen molar-refractivity contribution in [2.45, 2.75) is 13.0 Å². The Morgan fingerprint density at radius 3 is 2.19 bits per heavy atom. The third kappa shape index (κ3) is 4.70. The van der Waals surface area contributed by atoms with Gasteiger partial charge in [-0.25, -0.2) is 0 Å². The molecule has 1 amide bonds. The summed E-state index contributed by atoms with van der Waals surface area (Å²) in [6, 6.07) is 20.8. The van der Waals surface area contributed by atoms with Crippen LogP contribution in [0.5, 0.6) is 0 Å². The van der Waals surface area contributed by atoms with Crippen molar-refractivity contribution in [2.75, 3.05) is 10.6 Å². The van der Waals surface area contributed by atoms with Crippen molar-refractivity contribution in [3.63, 3.8) is 0 Å². The Labute approximate surface area is 157 Å². The van der Waals surface area contributed by atoms with E-state index >= 15 is 0 Å². The maximum absolute atomic E-state index is 11.9. The van der Waals surface area contributed by atoms with E-state index in [9.17, 15) is 4.79 Å². The van der Waals surface area contributed by atoms with Gasteiger partial charge in [0, 0.05) is 11.4 Å². The van der Waals surface area contributed by atoms with Crippen LogP contribution < -0.4 is 16.0 Å². The number of nitrogens with one attached hydrogen (secondary N) is 3. The Kier molecular flexibility index (Phi) is 5.66. The molecule has 0 bridgehead atoms. The number of amides is 1. The van der Waals surface area contributed by atoms with Crippen LogP contribution in [0, 0.1) is 0 Å². The van der Waals surface area contributed by atoms with Gasteiger partial charge in [0.25, 0.3) is 5.91 Å². The van der Waals surface area contributed by atoms with Gasteiger partial charge in [0.05, 0.1) is 12.3 Å². The van der Waals surface area contributed by atoms with Crippen molar-refractivity contribution in [3.8, 4) is 0 Å². The molecule has 0 saturated heterocycles. The van der Waals surface area contributed by atoms with E-state index in [1.54, 1.807) is 24.3 Å². The minimum absolute atomic E-state index is 0.100. The van der Waals surface area contributed by atoms with Crippen molar-refractivity contribution < 1.29 is 9.21 Å². The zero-order valence-corrected chi connectivity index (χ0v) is 15.0. The smallest absolute Gasteiger partial charge is 0.291 e. The first-order valence-corrected chi connectivity index (χ1v) is 8.60. The van der Waals surface area contributed by atoms with Gasteiger partial charge in [0.15, 0.2) is 10.9 Å². The second-order valence-electron chi connectivity index (χ2n) is 5.74. The summed E-state index contributed by atoms with van der Waals surface area (Å²) in [4.78, 5) is 11.9. The van der Waals surface area contributed by atoms with E-state index in [-0.39, 0.29) is 17.7 Å². The topological polar surface area (TPSA) is 66.3 Å². The summed E-state index contributed by atoms with van der Waals surface area (Å²) in [5.41, 5.74) is 2.67. The predicted octanol–water partition coefficient (Wildman–Crippen LogP) is 4.58. The van der Waals surface area contributed by atoms with E-state index in [4.69, 9.17) is 16.6 Å².